The molecule has 1 N–H and O–H groups in total. The van der Waals surface area contributed by atoms with Gasteiger partial charge in [0.25, 0.3) is 0 Å². The summed E-state index contributed by atoms with van der Waals surface area (Å²) in [6.07, 6.45) is 0.690. The molecule has 2 atom stereocenters. The molecule has 2 rings (SSSR count). The van der Waals surface area contributed by atoms with Crippen molar-refractivity contribution in [1.29, 1.82) is 0 Å². The molecule has 0 radical (unpaired) electrons. The van der Waals surface area contributed by atoms with Gasteiger partial charge in [-0.3, -0.25) is 0 Å². The van der Waals surface area contributed by atoms with Gasteiger partial charge in [0.15, 0.2) is 9.84 Å². The van der Waals surface area contributed by atoms with E-state index >= 15 is 0 Å². The maximum absolute atomic E-state index is 11.8. The number of hydrogen-bond acceptors (Lipinski definition) is 5. The van der Waals surface area contributed by atoms with Gasteiger partial charge < -0.3 is 14.8 Å². The van der Waals surface area contributed by atoms with Crippen LogP contribution in [0.25, 0.3) is 0 Å². The largest absolute Gasteiger partial charge is 0.497 e. The van der Waals surface area contributed by atoms with Crippen LogP contribution in [-0.2, 0) is 9.84 Å². The summed E-state index contributed by atoms with van der Waals surface area (Å²) >= 11 is 0. The maximum atomic E-state index is 11.8. The highest BCUT2D eigenvalue weighted by Gasteiger charge is 2.35. The molecule has 5 nitrogen and oxygen atoms in total. The van der Waals surface area contributed by atoms with Crippen molar-refractivity contribution in [2.24, 2.45) is 5.92 Å². The van der Waals surface area contributed by atoms with E-state index in [4.69, 9.17) is 9.47 Å². The van der Waals surface area contributed by atoms with Gasteiger partial charge >= 0.3 is 0 Å². The number of hydrogen-bond donors (Lipinski definition) is 1. The zero-order valence-electron chi connectivity index (χ0n) is 12.8. The molecular weight excluding hydrogens is 290 g/mol. The summed E-state index contributed by atoms with van der Waals surface area (Å²) < 4.78 is 34.2. The third-order valence-electron chi connectivity index (χ3n) is 3.94. The van der Waals surface area contributed by atoms with Crippen LogP contribution < -0.4 is 14.8 Å². The van der Waals surface area contributed by atoms with Crippen LogP contribution in [0.15, 0.2) is 18.2 Å². The lowest BCUT2D eigenvalue weighted by molar-refractivity contribution is 0.359. The fraction of sp³-hybridized carbons (Fsp3) is 0.600. The van der Waals surface area contributed by atoms with E-state index in [1.807, 2.05) is 25.1 Å². The van der Waals surface area contributed by atoms with Crippen LogP contribution in [-0.4, -0.2) is 40.7 Å². The second-order valence-corrected chi connectivity index (χ2v) is 7.54. The van der Waals surface area contributed by atoms with E-state index in [-0.39, 0.29) is 23.5 Å². The normalized spacial score (nSPS) is 22.0. The minimum atomic E-state index is -2.90. The summed E-state index contributed by atoms with van der Waals surface area (Å²) in [5.41, 5.74) is 0.988. The first-order valence-electron chi connectivity index (χ1n) is 7.16. The molecule has 0 spiro atoms. The highest BCUT2D eigenvalue weighted by atomic mass is 32.2. The molecule has 0 aromatic heterocycles. The Kier molecular flexibility index (Phi) is 5.11. The molecule has 1 fully saturated rings. The van der Waals surface area contributed by atoms with Crippen molar-refractivity contribution in [3.8, 4) is 11.5 Å². The Bertz CT molecular complexity index is 585. The maximum Gasteiger partial charge on any atom is 0.150 e. The summed E-state index contributed by atoms with van der Waals surface area (Å²) in [6.45, 7) is 2.79. The van der Waals surface area contributed by atoms with E-state index in [2.05, 4.69) is 5.32 Å². The van der Waals surface area contributed by atoms with Gasteiger partial charge in [-0.1, -0.05) is 13.0 Å². The average Bonchev–Trinajstić information content (AvgIpc) is 2.84. The molecule has 0 bridgehead atoms. The predicted molar refractivity (Wildman–Crippen MR) is 82.7 cm³/mol. The van der Waals surface area contributed by atoms with Crippen LogP contribution in [0.3, 0.4) is 0 Å². The van der Waals surface area contributed by atoms with E-state index in [1.54, 1.807) is 14.2 Å². The summed E-state index contributed by atoms with van der Waals surface area (Å²) in [6, 6.07) is 5.65. The Hall–Kier alpha value is -1.27. The lowest BCUT2D eigenvalue weighted by Gasteiger charge is -2.26. The Labute approximate surface area is 126 Å². The number of ether oxygens (including phenoxy) is 2. The molecule has 1 heterocycles. The third kappa shape index (κ3) is 3.68. The molecule has 2 unspecified atom stereocenters. The standard InChI is InChI=1S/C15H23NO4S/c1-4-16-15(11-7-8-21(17,18)10-11)13-6-5-12(19-2)9-14(13)20-3/h5-6,9,11,15-16H,4,7-8,10H2,1-3H3. The van der Waals surface area contributed by atoms with E-state index in [1.165, 1.54) is 0 Å². The van der Waals surface area contributed by atoms with E-state index in [9.17, 15) is 8.42 Å². The molecule has 0 aliphatic carbocycles. The van der Waals surface area contributed by atoms with E-state index < -0.39 is 9.84 Å². The van der Waals surface area contributed by atoms with Crippen molar-refractivity contribution in [2.75, 3.05) is 32.3 Å². The number of nitrogens with one attached hydrogen (secondary N) is 1. The van der Waals surface area contributed by atoms with Gasteiger partial charge in [0.2, 0.25) is 0 Å². The molecule has 1 aliphatic rings. The molecule has 118 valence electrons. The topological polar surface area (TPSA) is 64.6 Å². The predicted octanol–water partition coefficient (Wildman–Crippen LogP) is 1.79. The number of methoxy groups -OCH3 is 2. The Morgan fingerprint density at radius 1 is 1.33 bits per heavy atom. The first-order chi connectivity index (χ1) is 10.0. The minimum absolute atomic E-state index is 0.0202. The van der Waals surface area contributed by atoms with Crippen molar-refractivity contribution in [3.05, 3.63) is 23.8 Å². The zero-order chi connectivity index (χ0) is 15.5. The summed E-state index contributed by atoms with van der Waals surface area (Å²) in [5, 5.41) is 3.41. The zero-order valence-corrected chi connectivity index (χ0v) is 13.6. The number of benzene rings is 1. The van der Waals surface area contributed by atoms with Gasteiger partial charge in [-0.05, 0) is 24.9 Å². The molecule has 0 saturated carbocycles. The van der Waals surface area contributed by atoms with Gasteiger partial charge in [0, 0.05) is 17.7 Å². The first-order valence-corrected chi connectivity index (χ1v) is 8.98. The van der Waals surface area contributed by atoms with Crippen LogP contribution in [0.1, 0.15) is 24.9 Å². The average molecular weight is 313 g/mol. The van der Waals surface area contributed by atoms with Crippen LogP contribution in [0, 0.1) is 5.92 Å². The summed E-state index contributed by atoms with van der Waals surface area (Å²) in [7, 11) is 0.324. The summed E-state index contributed by atoms with van der Waals surface area (Å²) in [5.74, 6) is 2.05. The van der Waals surface area contributed by atoms with E-state index in [0.717, 1.165) is 23.6 Å². The highest BCUT2D eigenvalue weighted by Crippen LogP contribution is 2.37. The van der Waals surface area contributed by atoms with Crippen molar-refractivity contribution >= 4 is 9.84 Å². The Morgan fingerprint density at radius 3 is 2.62 bits per heavy atom. The number of rotatable bonds is 6. The Morgan fingerprint density at radius 2 is 2.10 bits per heavy atom. The van der Waals surface area contributed by atoms with Crippen LogP contribution in [0.4, 0.5) is 0 Å². The second-order valence-electron chi connectivity index (χ2n) is 5.31. The second kappa shape index (κ2) is 6.66. The van der Waals surface area contributed by atoms with Crippen LogP contribution in [0.5, 0.6) is 11.5 Å². The smallest absolute Gasteiger partial charge is 0.150 e. The van der Waals surface area contributed by atoms with Crippen molar-refractivity contribution in [3.63, 3.8) is 0 Å². The first kappa shape index (κ1) is 16.1. The number of sulfone groups is 1. The van der Waals surface area contributed by atoms with Crippen molar-refractivity contribution in [2.45, 2.75) is 19.4 Å². The van der Waals surface area contributed by atoms with Gasteiger partial charge in [-0.2, -0.15) is 0 Å². The minimum Gasteiger partial charge on any atom is -0.497 e. The third-order valence-corrected chi connectivity index (χ3v) is 5.73. The molecule has 21 heavy (non-hydrogen) atoms. The van der Waals surface area contributed by atoms with E-state index in [0.29, 0.717) is 6.42 Å². The molecule has 1 saturated heterocycles. The fourth-order valence-corrected chi connectivity index (χ4v) is 4.75. The van der Waals surface area contributed by atoms with Crippen molar-refractivity contribution < 1.29 is 17.9 Å². The molecule has 1 aromatic rings. The fourth-order valence-electron chi connectivity index (χ4n) is 2.91. The van der Waals surface area contributed by atoms with Crippen molar-refractivity contribution in [1.82, 2.24) is 5.32 Å². The van der Waals surface area contributed by atoms with Gasteiger partial charge in [0.1, 0.15) is 11.5 Å². The molecule has 1 aliphatic heterocycles. The van der Waals surface area contributed by atoms with Crippen LogP contribution >= 0.6 is 0 Å². The van der Waals surface area contributed by atoms with Gasteiger partial charge in [0.05, 0.1) is 25.7 Å². The molecule has 6 heteroatoms. The lowest BCUT2D eigenvalue weighted by Crippen LogP contribution is -2.29. The lowest BCUT2D eigenvalue weighted by atomic mass is 9.91. The quantitative estimate of drug-likeness (QED) is 0.867. The molecular formula is C15H23NO4S. The monoisotopic (exact) mass is 313 g/mol. The molecule has 1 aromatic carbocycles. The Balaban J connectivity index is 2.34. The highest BCUT2D eigenvalue weighted by molar-refractivity contribution is 7.91. The van der Waals surface area contributed by atoms with Gasteiger partial charge in [-0.25, -0.2) is 8.42 Å². The SMILES string of the molecule is CCNC(c1ccc(OC)cc1OC)C1CCS(=O)(=O)C1. The van der Waals surface area contributed by atoms with Gasteiger partial charge in [-0.15, -0.1) is 0 Å². The van der Waals surface area contributed by atoms with Crippen LogP contribution in [0.2, 0.25) is 0 Å². The molecule has 0 amide bonds. The summed E-state index contributed by atoms with van der Waals surface area (Å²) in [4.78, 5) is 0.